The van der Waals surface area contributed by atoms with E-state index in [9.17, 15) is 4.79 Å². The minimum absolute atomic E-state index is 0.188. The van der Waals surface area contributed by atoms with E-state index in [-0.39, 0.29) is 5.91 Å². The predicted octanol–water partition coefficient (Wildman–Crippen LogP) is 4.26. The van der Waals surface area contributed by atoms with E-state index in [0.717, 1.165) is 26.5 Å². The zero-order chi connectivity index (χ0) is 18.2. The smallest absolute Gasteiger partial charge is 0.257 e. The molecular weight excluding hydrogens is 358 g/mol. The number of pyridine rings is 1. The average Bonchev–Trinajstić information content (AvgIpc) is 3.34. The van der Waals surface area contributed by atoms with E-state index in [2.05, 4.69) is 26.6 Å². The molecule has 0 unspecified atom stereocenters. The number of para-hydroxylation sites is 1. The van der Waals surface area contributed by atoms with Crippen molar-refractivity contribution in [1.29, 1.82) is 0 Å². The Bertz CT molecular complexity index is 1260. The number of anilines is 1. The first-order valence-electron chi connectivity index (χ1n) is 8.33. The van der Waals surface area contributed by atoms with Crippen LogP contribution in [0.3, 0.4) is 0 Å². The van der Waals surface area contributed by atoms with Crippen LogP contribution in [0.25, 0.3) is 26.4 Å². The van der Waals surface area contributed by atoms with Gasteiger partial charge in [-0.25, -0.2) is 4.98 Å². The van der Waals surface area contributed by atoms with Crippen LogP contribution in [0.2, 0.25) is 0 Å². The molecule has 0 atom stereocenters. The Kier molecular flexibility index (Phi) is 3.65. The molecule has 0 aliphatic rings. The molecule has 1 amide bonds. The van der Waals surface area contributed by atoms with E-state index in [0.29, 0.717) is 11.2 Å². The first-order chi connectivity index (χ1) is 13.3. The lowest BCUT2D eigenvalue weighted by Gasteiger charge is -2.07. The van der Waals surface area contributed by atoms with Crippen LogP contribution in [0.15, 0.2) is 73.2 Å². The first kappa shape index (κ1) is 15.7. The summed E-state index contributed by atoms with van der Waals surface area (Å²) in [4.78, 5) is 17.3. The van der Waals surface area contributed by atoms with Crippen molar-refractivity contribution in [2.75, 3.05) is 5.32 Å². The molecule has 0 radical (unpaired) electrons. The number of aromatic nitrogens is 4. The molecule has 3 heterocycles. The van der Waals surface area contributed by atoms with E-state index in [1.165, 1.54) is 0 Å². The maximum atomic E-state index is 12.6. The highest BCUT2D eigenvalue weighted by atomic mass is 32.1. The lowest BCUT2D eigenvalue weighted by molar-refractivity contribution is 0.102. The summed E-state index contributed by atoms with van der Waals surface area (Å²) < 4.78 is 2.86. The maximum Gasteiger partial charge on any atom is 0.257 e. The quantitative estimate of drug-likeness (QED) is 0.514. The Morgan fingerprint density at radius 1 is 1.04 bits per heavy atom. The van der Waals surface area contributed by atoms with E-state index >= 15 is 0 Å². The number of nitrogens with zero attached hydrogens (tertiary/aromatic N) is 4. The van der Waals surface area contributed by atoms with Crippen molar-refractivity contribution < 1.29 is 4.79 Å². The highest BCUT2D eigenvalue weighted by molar-refractivity contribution is 7.21. The van der Waals surface area contributed by atoms with Crippen LogP contribution in [0.1, 0.15) is 10.4 Å². The lowest BCUT2D eigenvalue weighted by Crippen LogP contribution is -2.12. The van der Waals surface area contributed by atoms with Gasteiger partial charge in [0, 0.05) is 17.4 Å². The third-order valence-electron chi connectivity index (χ3n) is 4.21. The zero-order valence-electron chi connectivity index (χ0n) is 14.0. The summed E-state index contributed by atoms with van der Waals surface area (Å²) in [7, 11) is 0. The molecule has 0 spiro atoms. The van der Waals surface area contributed by atoms with E-state index in [1.807, 2.05) is 42.5 Å². The number of amides is 1. The largest absolute Gasteiger partial charge is 0.322 e. The molecule has 5 rings (SSSR count). The molecule has 7 heteroatoms. The van der Waals surface area contributed by atoms with Crippen molar-refractivity contribution in [2.45, 2.75) is 0 Å². The SMILES string of the molecule is O=C(Nc1cccc(-c2nc3ccccc3s2)c1)c1ccc2nncn2c1. The number of rotatable bonds is 3. The monoisotopic (exact) mass is 371 g/mol. The molecular formula is C20H13N5OS. The summed E-state index contributed by atoms with van der Waals surface area (Å²) in [5.74, 6) is -0.188. The summed E-state index contributed by atoms with van der Waals surface area (Å²) >= 11 is 1.64. The van der Waals surface area contributed by atoms with E-state index < -0.39 is 0 Å². The van der Waals surface area contributed by atoms with Crippen molar-refractivity contribution >= 4 is 38.8 Å². The Morgan fingerprint density at radius 2 is 1.96 bits per heavy atom. The Hall–Kier alpha value is -3.58. The molecule has 0 saturated heterocycles. The fraction of sp³-hybridized carbons (Fsp3) is 0. The van der Waals surface area contributed by atoms with Gasteiger partial charge in [0.2, 0.25) is 0 Å². The van der Waals surface area contributed by atoms with Crippen LogP contribution in [-0.2, 0) is 0 Å². The molecule has 27 heavy (non-hydrogen) atoms. The summed E-state index contributed by atoms with van der Waals surface area (Å²) in [5.41, 5.74) is 3.91. The third kappa shape index (κ3) is 2.94. The fourth-order valence-corrected chi connectivity index (χ4v) is 3.85. The summed E-state index contributed by atoms with van der Waals surface area (Å²) in [6.07, 6.45) is 3.28. The van der Waals surface area contributed by atoms with Gasteiger partial charge in [0.25, 0.3) is 5.91 Å². The third-order valence-corrected chi connectivity index (χ3v) is 5.30. The van der Waals surface area contributed by atoms with Gasteiger partial charge in [-0.1, -0.05) is 24.3 Å². The Balaban J connectivity index is 1.43. The number of thiazole rings is 1. The van der Waals surface area contributed by atoms with Crippen LogP contribution in [0, 0.1) is 0 Å². The van der Waals surface area contributed by atoms with Gasteiger partial charge in [0.1, 0.15) is 11.3 Å². The van der Waals surface area contributed by atoms with Gasteiger partial charge in [0.05, 0.1) is 15.8 Å². The van der Waals surface area contributed by atoms with Crippen LogP contribution >= 0.6 is 11.3 Å². The number of hydrogen-bond donors (Lipinski definition) is 1. The molecule has 3 aromatic heterocycles. The molecule has 0 aliphatic carbocycles. The number of fused-ring (bicyclic) bond motifs is 2. The highest BCUT2D eigenvalue weighted by Gasteiger charge is 2.10. The van der Waals surface area contributed by atoms with Crippen molar-refractivity contribution in [3.05, 3.63) is 78.8 Å². The summed E-state index contributed by atoms with van der Waals surface area (Å²) in [5, 5.41) is 11.6. The minimum Gasteiger partial charge on any atom is -0.322 e. The van der Waals surface area contributed by atoms with Gasteiger partial charge in [-0.15, -0.1) is 21.5 Å². The second kappa shape index (κ2) is 6.30. The van der Waals surface area contributed by atoms with E-state index in [4.69, 9.17) is 0 Å². The number of hydrogen-bond acceptors (Lipinski definition) is 5. The number of benzene rings is 2. The molecule has 1 N–H and O–H groups in total. The van der Waals surface area contributed by atoms with Crippen molar-refractivity contribution in [3.8, 4) is 10.6 Å². The topological polar surface area (TPSA) is 72.2 Å². The molecule has 2 aromatic carbocycles. The molecule has 5 aromatic rings. The normalized spacial score (nSPS) is 11.1. The second-order valence-corrected chi connectivity index (χ2v) is 7.07. The standard InChI is InChI=1S/C20H13N5OS/c26-19(14-8-9-18-24-21-12-25(18)11-14)22-15-5-3-4-13(10-15)20-23-16-6-1-2-7-17(16)27-20/h1-12H,(H,22,26). The van der Waals surface area contributed by atoms with E-state index in [1.54, 1.807) is 40.4 Å². The van der Waals surface area contributed by atoms with Gasteiger partial charge < -0.3 is 5.32 Å². The minimum atomic E-state index is -0.188. The molecule has 0 fully saturated rings. The lowest BCUT2D eigenvalue weighted by atomic mass is 10.2. The number of carbonyl (C=O) groups excluding carboxylic acids is 1. The van der Waals surface area contributed by atoms with Crippen LogP contribution in [-0.4, -0.2) is 25.5 Å². The van der Waals surface area contributed by atoms with Gasteiger partial charge >= 0.3 is 0 Å². The van der Waals surface area contributed by atoms with Gasteiger partial charge in [0.15, 0.2) is 5.65 Å². The van der Waals surface area contributed by atoms with Crippen molar-refractivity contribution in [2.24, 2.45) is 0 Å². The summed E-state index contributed by atoms with van der Waals surface area (Å²) in [6.45, 7) is 0. The Labute approximate surface area is 158 Å². The van der Waals surface area contributed by atoms with Crippen LogP contribution in [0.5, 0.6) is 0 Å². The molecule has 6 nitrogen and oxygen atoms in total. The van der Waals surface area contributed by atoms with Crippen molar-refractivity contribution in [3.63, 3.8) is 0 Å². The predicted molar refractivity (Wildman–Crippen MR) is 106 cm³/mol. The number of carbonyl (C=O) groups is 1. The molecule has 0 saturated carbocycles. The zero-order valence-corrected chi connectivity index (χ0v) is 14.9. The van der Waals surface area contributed by atoms with Gasteiger partial charge in [-0.3, -0.25) is 9.20 Å². The van der Waals surface area contributed by atoms with Crippen LogP contribution in [0.4, 0.5) is 5.69 Å². The second-order valence-electron chi connectivity index (χ2n) is 6.04. The van der Waals surface area contributed by atoms with Crippen LogP contribution < -0.4 is 5.32 Å². The highest BCUT2D eigenvalue weighted by Crippen LogP contribution is 2.31. The maximum absolute atomic E-state index is 12.6. The van der Waals surface area contributed by atoms with Crippen molar-refractivity contribution in [1.82, 2.24) is 19.6 Å². The fourth-order valence-electron chi connectivity index (χ4n) is 2.89. The molecule has 0 aliphatic heterocycles. The summed E-state index contributed by atoms with van der Waals surface area (Å²) in [6, 6.07) is 19.3. The number of nitrogens with one attached hydrogen (secondary N) is 1. The first-order valence-corrected chi connectivity index (χ1v) is 9.15. The molecule has 0 bridgehead atoms. The molecule has 130 valence electrons. The van der Waals surface area contributed by atoms with Gasteiger partial charge in [-0.2, -0.15) is 0 Å². The average molecular weight is 371 g/mol. The van der Waals surface area contributed by atoms with Gasteiger partial charge in [-0.05, 0) is 36.4 Å². The Morgan fingerprint density at radius 3 is 2.89 bits per heavy atom.